The van der Waals surface area contributed by atoms with Crippen LogP contribution in [0, 0.1) is 5.41 Å². The van der Waals surface area contributed by atoms with Gasteiger partial charge in [0.2, 0.25) is 0 Å². The second-order valence-electron chi connectivity index (χ2n) is 6.85. The summed E-state index contributed by atoms with van der Waals surface area (Å²) in [6, 6.07) is -0.103. The second-order valence-corrected chi connectivity index (χ2v) is 9.26. The van der Waals surface area contributed by atoms with Crippen LogP contribution in [0.1, 0.15) is 52.4 Å². The predicted octanol–water partition coefficient (Wildman–Crippen LogP) is 2.18. The van der Waals surface area contributed by atoms with Gasteiger partial charge in [-0.15, -0.1) is 0 Å². The summed E-state index contributed by atoms with van der Waals surface area (Å²) in [5, 5.41) is 2.87. The summed E-state index contributed by atoms with van der Waals surface area (Å²) in [7, 11) is -3.20. The second kappa shape index (κ2) is 5.78. The zero-order chi connectivity index (χ0) is 15.7. The summed E-state index contributed by atoms with van der Waals surface area (Å²) in [6.07, 6.45) is 7.14. The van der Waals surface area contributed by atoms with E-state index in [1.165, 1.54) is 25.5 Å². The zero-order valence-electron chi connectivity index (χ0n) is 13.4. The first kappa shape index (κ1) is 16.6. The lowest BCUT2D eigenvalue weighted by Gasteiger charge is -2.38. The fourth-order valence-electron chi connectivity index (χ4n) is 3.70. The molecule has 1 aliphatic heterocycles. The molecule has 1 N–H and O–H groups in total. The minimum Gasteiger partial charge on any atom is -0.336 e. The molecule has 0 aromatic heterocycles. The Bertz CT molecular complexity index is 493. The van der Waals surface area contributed by atoms with Gasteiger partial charge in [0.15, 0.2) is 9.84 Å². The molecule has 0 bridgehead atoms. The maximum absolute atomic E-state index is 12.3. The van der Waals surface area contributed by atoms with E-state index in [-0.39, 0.29) is 12.6 Å². The van der Waals surface area contributed by atoms with E-state index in [0.29, 0.717) is 18.3 Å². The van der Waals surface area contributed by atoms with Gasteiger partial charge in [-0.1, -0.05) is 20.3 Å². The average molecular weight is 316 g/mol. The van der Waals surface area contributed by atoms with Crippen molar-refractivity contribution in [3.05, 3.63) is 0 Å². The lowest BCUT2D eigenvalue weighted by molar-refractivity contribution is 0.140. The number of rotatable bonds is 5. The van der Waals surface area contributed by atoms with E-state index < -0.39 is 14.6 Å². The minimum atomic E-state index is -3.20. The number of amides is 2. The topological polar surface area (TPSA) is 66.5 Å². The highest BCUT2D eigenvalue weighted by Crippen LogP contribution is 2.47. The number of carbonyl (C=O) groups is 1. The van der Waals surface area contributed by atoms with Gasteiger partial charge in [-0.25, -0.2) is 13.2 Å². The highest BCUT2D eigenvalue weighted by atomic mass is 32.2. The van der Waals surface area contributed by atoms with Gasteiger partial charge in [0, 0.05) is 25.9 Å². The highest BCUT2D eigenvalue weighted by molar-refractivity contribution is 7.92. The van der Waals surface area contributed by atoms with Crippen molar-refractivity contribution < 1.29 is 13.2 Å². The van der Waals surface area contributed by atoms with Gasteiger partial charge >= 0.3 is 6.03 Å². The fraction of sp³-hybridized carbons (Fsp3) is 0.933. The molecule has 2 amide bonds. The highest BCUT2D eigenvalue weighted by Gasteiger charge is 2.44. The molecule has 0 aromatic rings. The molecule has 0 atom stereocenters. The molecule has 2 rings (SSSR count). The SMILES string of the molecule is CCC(CC)(CNC(=O)N1CCC2(CCC2)C1)S(C)(=O)=O. The van der Waals surface area contributed by atoms with E-state index in [1.54, 1.807) is 0 Å². The van der Waals surface area contributed by atoms with E-state index in [9.17, 15) is 13.2 Å². The molecule has 5 nitrogen and oxygen atoms in total. The minimum absolute atomic E-state index is 0.103. The molecular formula is C15H28N2O3S. The Morgan fingerprint density at radius 2 is 1.86 bits per heavy atom. The Kier molecular flexibility index (Phi) is 4.57. The first-order valence-electron chi connectivity index (χ1n) is 8.00. The van der Waals surface area contributed by atoms with Gasteiger partial charge in [-0.2, -0.15) is 0 Å². The quantitative estimate of drug-likeness (QED) is 0.845. The lowest BCUT2D eigenvalue weighted by Crippen LogP contribution is -2.51. The van der Waals surface area contributed by atoms with Crippen LogP contribution in [0.4, 0.5) is 4.79 Å². The van der Waals surface area contributed by atoms with Crippen LogP contribution in [0.15, 0.2) is 0 Å². The molecule has 1 heterocycles. The summed E-state index contributed by atoms with van der Waals surface area (Å²) >= 11 is 0. The molecule has 0 radical (unpaired) electrons. The molecule has 1 saturated heterocycles. The molecule has 1 saturated carbocycles. The first-order valence-corrected chi connectivity index (χ1v) is 9.89. The molecular weight excluding hydrogens is 288 g/mol. The Labute approximate surface area is 128 Å². The third-order valence-corrected chi connectivity index (χ3v) is 8.07. The third kappa shape index (κ3) is 3.05. The average Bonchev–Trinajstić information content (AvgIpc) is 2.84. The summed E-state index contributed by atoms with van der Waals surface area (Å²) in [4.78, 5) is 14.2. The molecule has 122 valence electrons. The van der Waals surface area contributed by atoms with Crippen molar-refractivity contribution >= 4 is 15.9 Å². The van der Waals surface area contributed by atoms with Crippen LogP contribution in [0.5, 0.6) is 0 Å². The summed E-state index contributed by atoms with van der Waals surface area (Å²) in [5.41, 5.74) is 0.376. The molecule has 0 aromatic carbocycles. The van der Waals surface area contributed by atoms with Crippen molar-refractivity contribution in [2.24, 2.45) is 5.41 Å². The van der Waals surface area contributed by atoms with Crippen LogP contribution in [0.25, 0.3) is 0 Å². The van der Waals surface area contributed by atoms with Gasteiger partial charge in [-0.3, -0.25) is 0 Å². The van der Waals surface area contributed by atoms with Gasteiger partial charge in [0.25, 0.3) is 0 Å². The maximum Gasteiger partial charge on any atom is 0.317 e. The summed E-state index contributed by atoms with van der Waals surface area (Å²) in [5.74, 6) is 0. The van der Waals surface area contributed by atoms with E-state index >= 15 is 0 Å². The van der Waals surface area contributed by atoms with E-state index in [4.69, 9.17) is 0 Å². The first-order chi connectivity index (χ1) is 9.77. The van der Waals surface area contributed by atoms with Crippen molar-refractivity contribution in [2.75, 3.05) is 25.9 Å². The standard InChI is InChI=1S/C15H28N2O3S/c1-4-15(5-2,21(3,19)20)11-16-13(18)17-10-9-14(12-17)7-6-8-14/h4-12H2,1-3H3,(H,16,18). The molecule has 1 aliphatic carbocycles. The van der Waals surface area contributed by atoms with Crippen LogP contribution < -0.4 is 5.32 Å². The normalized spacial score (nSPS) is 21.4. The molecule has 2 aliphatic rings. The molecule has 6 heteroatoms. The summed E-state index contributed by atoms with van der Waals surface area (Å²) in [6.45, 7) is 5.59. The number of urea groups is 1. The smallest absolute Gasteiger partial charge is 0.317 e. The van der Waals surface area contributed by atoms with Crippen LogP contribution in [-0.2, 0) is 9.84 Å². The van der Waals surface area contributed by atoms with Gasteiger partial charge in [0.1, 0.15) is 0 Å². The van der Waals surface area contributed by atoms with E-state index in [0.717, 1.165) is 19.5 Å². The molecule has 1 spiro atoms. The Hall–Kier alpha value is -0.780. The zero-order valence-corrected chi connectivity index (χ0v) is 14.3. The van der Waals surface area contributed by atoms with Crippen LogP contribution in [0.2, 0.25) is 0 Å². The van der Waals surface area contributed by atoms with E-state index in [2.05, 4.69) is 5.32 Å². The Balaban J connectivity index is 1.94. The number of sulfone groups is 1. The van der Waals surface area contributed by atoms with Crippen molar-refractivity contribution in [1.82, 2.24) is 10.2 Å². The number of likely N-dealkylation sites (tertiary alicyclic amines) is 1. The third-order valence-electron chi connectivity index (χ3n) is 5.78. The number of hydrogen-bond donors (Lipinski definition) is 1. The number of nitrogens with one attached hydrogen (secondary N) is 1. The molecule has 21 heavy (non-hydrogen) atoms. The Morgan fingerprint density at radius 3 is 2.24 bits per heavy atom. The van der Waals surface area contributed by atoms with Crippen molar-refractivity contribution in [1.29, 1.82) is 0 Å². The lowest BCUT2D eigenvalue weighted by atomic mass is 9.68. The van der Waals surface area contributed by atoms with Gasteiger partial charge in [0.05, 0.1) is 4.75 Å². The predicted molar refractivity (Wildman–Crippen MR) is 84.0 cm³/mol. The number of hydrogen-bond acceptors (Lipinski definition) is 3. The number of nitrogens with zero attached hydrogens (tertiary/aromatic N) is 1. The van der Waals surface area contributed by atoms with Crippen LogP contribution in [-0.4, -0.2) is 50.0 Å². The van der Waals surface area contributed by atoms with E-state index in [1.807, 2.05) is 18.7 Å². The fourth-order valence-corrected chi connectivity index (χ4v) is 5.08. The van der Waals surface area contributed by atoms with Crippen LogP contribution >= 0.6 is 0 Å². The maximum atomic E-state index is 12.3. The van der Waals surface area contributed by atoms with Gasteiger partial charge in [-0.05, 0) is 37.5 Å². The summed E-state index contributed by atoms with van der Waals surface area (Å²) < 4.78 is 23.2. The largest absolute Gasteiger partial charge is 0.336 e. The van der Waals surface area contributed by atoms with Crippen molar-refractivity contribution in [3.63, 3.8) is 0 Å². The number of carbonyl (C=O) groups excluding carboxylic acids is 1. The monoisotopic (exact) mass is 316 g/mol. The molecule has 0 unspecified atom stereocenters. The van der Waals surface area contributed by atoms with Crippen LogP contribution in [0.3, 0.4) is 0 Å². The van der Waals surface area contributed by atoms with Gasteiger partial charge < -0.3 is 10.2 Å². The Morgan fingerprint density at radius 1 is 1.24 bits per heavy atom. The van der Waals surface area contributed by atoms with Crippen molar-refractivity contribution in [3.8, 4) is 0 Å². The molecule has 2 fully saturated rings. The van der Waals surface area contributed by atoms with Crippen molar-refractivity contribution in [2.45, 2.75) is 57.1 Å².